The molecule has 2 aromatic rings. The van der Waals surface area contributed by atoms with Crippen molar-refractivity contribution in [3.05, 3.63) is 58.1 Å². The minimum Gasteiger partial charge on any atom is -0.454 e. The van der Waals surface area contributed by atoms with E-state index >= 15 is 0 Å². The van der Waals surface area contributed by atoms with Gasteiger partial charge in [0.2, 0.25) is 0 Å². The van der Waals surface area contributed by atoms with Crippen LogP contribution in [0.3, 0.4) is 0 Å². The molecule has 0 spiro atoms. The number of halogens is 3. The summed E-state index contributed by atoms with van der Waals surface area (Å²) in [6.45, 7) is 4.48. The number of benzene rings is 2. The summed E-state index contributed by atoms with van der Waals surface area (Å²) in [5, 5.41) is 3.21. The lowest BCUT2D eigenvalue weighted by molar-refractivity contribution is 0.428. The summed E-state index contributed by atoms with van der Waals surface area (Å²) >= 11 is 3.07. The van der Waals surface area contributed by atoms with Gasteiger partial charge in [-0.05, 0) is 34.1 Å². The van der Waals surface area contributed by atoms with Crippen molar-refractivity contribution < 1.29 is 13.5 Å². The maximum absolute atomic E-state index is 14.0. The van der Waals surface area contributed by atoms with E-state index in [9.17, 15) is 8.78 Å². The van der Waals surface area contributed by atoms with Gasteiger partial charge in [-0.25, -0.2) is 8.78 Å². The van der Waals surface area contributed by atoms with Crippen molar-refractivity contribution >= 4 is 15.9 Å². The zero-order chi connectivity index (χ0) is 15.4. The first-order chi connectivity index (χ1) is 9.97. The van der Waals surface area contributed by atoms with Gasteiger partial charge in [-0.3, -0.25) is 0 Å². The SMILES string of the molecule is CC(C)NCc1cccc(F)c1Oc1ccc(Br)c(F)c1. The maximum Gasteiger partial charge on any atom is 0.167 e. The van der Waals surface area contributed by atoms with E-state index in [4.69, 9.17) is 4.74 Å². The second kappa shape index (κ2) is 7.00. The van der Waals surface area contributed by atoms with E-state index in [2.05, 4.69) is 21.2 Å². The van der Waals surface area contributed by atoms with E-state index in [0.717, 1.165) is 0 Å². The molecule has 0 heterocycles. The fraction of sp³-hybridized carbons (Fsp3) is 0.250. The van der Waals surface area contributed by atoms with Crippen LogP contribution < -0.4 is 10.1 Å². The average molecular weight is 356 g/mol. The van der Waals surface area contributed by atoms with E-state index in [0.29, 0.717) is 16.6 Å². The molecule has 0 saturated carbocycles. The van der Waals surface area contributed by atoms with Gasteiger partial charge in [-0.2, -0.15) is 0 Å². The molecule has 0 aromatic heterocycles. The van der Waals surface area contributed by atoms with E-state index < -0.39 is 11.6 Å². The molecule has 0 amide bonds. The first kappa shape index (κ1) is 15.9. The Balaban J connectivity index is 2.27. The molecule has 2 rings (SSSR count). The Labute approximate surface area is 131 Å². The van der Waals surface area contributed by atoms with E-state index in [-0.39, 0.29) is 17.5 Å². The summed E-state index contributed by atoms with van der Waals surface area (Å²) in [5.74, 6) is -0.550. The van der Waals surface area contributed by atoms with Crippen LogP contribution in [0, 0.1) is 11.6 Å². The molecule has 0 aliphatic carbocycles. The number of nitrogens with one attached hydrogen (secondary N) is 1. The molecule has 0 saturated heterocycles. The van der Waals surface area contributed by atoms with Crippen LogP contribution in [-0.2, 0) is 6.54 Å². The molecule has 0 atom stereocenters. The second-order valence-electron chi connectivity index (χ2n) is 4.94. The monoisotopic (exact) mass is 355 g/mol. The molecule has 21 heavy (non-hydrogen) atoms. The highest BCUT2D eigenvalue weighted by molar-refractivity contribution is 9.10. The highest BCUT2D eigenvalue weighted by Gasteiger charge is 2.12. The van der Waals surface area contributed by atoms with E-state index in [1.165, 1.54) is 18.2 Å². The molecule has 0 fully saturated rings. The second-order valence-corrected chi connectivity index (χ2v) is 5.80. The van der Waals surface area contributed by atoms with Crippen LogP contribution in [-0.4, -0.2) is 6.04 Å². The third-order valence-electron chi connectivity index (χ3n) is 2.86. The molecule has 0 unspecified atom stereocenters. The van der Waals surface area contributed by atoms with Gasteiger partial charge in [0, 0.05) is 24.2 Å². The molecule has 2 aromatic carbocycles. The van der Waals surface area contributed by atoms with Crippen LogP contribution in [0.5, 0.6) is 11.5 Å². The van der Waals surface area contributed by atoms with E-state index in [1.807, 2.05) is 13.8 Å². The largest absolute Gasteiger partial charge is 0.454 e. The zero-order valence-corrected chi connectivity index (χ0v) is 13.4. The topological polar surface area (TPSA) is 21.3 Å². The average Bonchev–Trinajstić information content (AvgIpc) is 2.43. The van der Waals surface area contributed by atoms with Crippen molar-refractivity contribution in [3.63, 3.8) is 0 Å². The molecular weight excluding hydrogens is 340 g/mol. The Morgan fingerprint density at radius 2 is 1.90 bits per heavy atom. The van der Waals surface area contributed by atoms with Crippen LogP contribution in [0.15, 0.2) is 40.9 Å². The third-order valence-corrected chi connectivity index (χ3v) is 3.50. The smallest absolute Gasteiger partial charge is 0.167 e. The van der Waals surface area contributed by atoms with Gasteiger partial charge in [-0.1, -0.05) is 26.0 Å². The van der Waals surface area contributed by atoms with Crippen molar-refractivity contribution in [2.24, 2.45) is 0 Å². The molecule has 0 bridgehead atoms. The standard InChI is InChI=1S/C16H16BrF2NO/c1-10(2)20-9-11-4-3-5-14(18)16(11)21-12-6-7-13(17)15(19)8-12/h3-8,10,20H,9H2,1-2H3. The highest BCUT2D eigenvalue weighted by atomic mass is 79.9. The van der Waals surface area contributed by atoms with Crippen molar-refractivity contribution in [1.29, 1.82) is 0 Å². The van der Waals surface area contributed by atoms with Crippen molar-refractivity contribution in [1.82, 2.24) is 5.32 Å². The summed E-state index contributed by atoms with van der Waals surface area (Å²) in [6, 6.07) is 9.33. The summed E-state index contributed by atoms with van der Waals surface area (Å²) in [6.07, 6.45) is 0. The zero-order valence-electron chi connectivity index (χ0n) is 11.8. The van der Waals surface area contributed by atoms with E-state index in [1.54, 1.807) is 18.2 Å². The number of para-hydroxylation sites is 1. The lowest BCUT2D eigenvalue weighted by Crippen LogP contribution is -2.22. The predicted molar refractivity (Wildman–Crippen MR) is 82.5 cm³/mol. The van der Waals surface area contributed by atoms with Crippen molar-refractivity contribution in [2.45, 2.75) is 26.4 Å². The van der Waals surface area contributed by atoms with Crippen molar-refractivity contribution in [2.75, 3.05) is 0 Å². The van der Waals surface area contributed by atoms with Gasteiger partial charge in [0.25, 0.3) is 0 Å². The third kappa shape index (κ3) is 4.25. The lowest BCUT2D eigenvalue weighted by atomic mass is 10.2. The van der Waals surface area contributed by atoms with Crippen LogP contribution in [0.25, 0.3) is 0 Å². The molecule has 112 valence electrons. The number of hydrogen-bond donors (Lipinski definition) is 1. The predicted octanol–water partition coefficient (Wildman–Crippen LogP) is 5.02. The van der Waals surface area contributed by atoms with Gasteiger partial charge in [0.15, 0.2) is 11.6 Å². The maximum atomic E-state index is 14.0. The molecule has 5 heteroatoms. The fourth-order valence-corrected chi connectivity index (χ4v) is 2.03. The lowest BCUT2D eigenvalue weighted by Gasteiger charge is -2.14. The summed E-state index contributed by atoms with van der Waals surface area (Å²) in [5.41, 5.74) is 0.687. The number of ether oxygens (including phenoxy) is 1. The van der Waals surface area contributed by atoms with Crippen LogP contribution >= 0.6 is 15.9 Å². The number of hydrogen-bond acceptors (Lipinski definition) is 2. The first-order valence-corrected chi connectivity index (χ1v) is 7.40. The molecule has 2 nitrogen and oxygen atoms in total. The van der Waals surface area contributed by atoms with Crippen LogP contribution in [0.4, 0.5) is 8.78 Å². The fourth-order valence-electron chi connectivity index (χ4n) is 1.78. The Bertz CT molecular complexity index is 632. The number of rotatable bonds is 5. The molecule has 0 radical (unpaired) electrons. The van der Waals surface area contributed by atoms with Crippen molar-refractivity contribution in [3.8, 4) is 11.5 Å². The minimum absolute atomic E-state index is 0.118. The van der Waals surface area contributed by atoms with Gasteiger partial charge in [0.05, 0.1) is 4.47 Å². The Hall–Kier alpha value is -1.46. The summed E-state index contributed by atoms with van der Waals surface area (Å²) < 4.78 is 33.4. The van der Waals surface area contributed by atoms with Gasteiger partial charge < -0.3 is 10.1 Å². The molecular formula is C16H16BrF2NO. The van der Waals surface area contributed by atoms with Gasteiger partial charge in [0.1, 0.15) is 11.6 Å². The summed E-state index contributed by atoms with van der Waals surface area (Å²) in [4.78, 5) is 0. The Morgan fingerprint density at radius 3 is 2.57 bits per heavy atom. The highest BCUT2D eigenvalue weighted by Crippen LogP contribution is 2.30. The molecule has 0 aliphatic rings. The van der Waals surface area contributed by atoms with Gasteiger partial charge in [-0.15, -0.1) is 0 Å². The Morgan fingerprint density at radius 1 is 1.14 bits per heavy atom. The summed E-state index contributed by atoms with van der Waals surface area (Å²) in [7, 11) is 0. The molecule has 1 N–H and O–H groups in total. The first-order valence-electron chi connectivity index (χ1n) is 6.61. The molecule has 0 aliphatic heterocycles. The Kier molecular flexibility index (Phi) is 5.31. The minimum atomic E-state index is -0.471. The normalized spacial score (nSPS) is 11.0. The van der Waals surface area contributed by atoms with Crippen LogP contribution in [0.2, 0.25) is 0 Å². The van der Waals surface area contributed by atoms with Gasteiger partial charge >= 0.3 is 0 Å². The van der Waals surface area contributed by atoms with Crippen LogP contribution in [0.1, 0.15) is 19.4 Å². The quantitative estimate of drug-likeness (QED) is 0.813.